The number of alkyl halides is 3. The van der Waals surface area contributed by atoms with Crippen molar-refractivity contribution in [2.45, 2.75) is 12.7 Å². The van der Waals surface area contributed by atoms with Crippen molar-refractivity contribution in [2.24, 2.45) is 0 Å². The third kappa shape index (κ3) is 3.79. The van der Waals surface area contributed by atoms with E-state index in [4.69, 9.17) is 20.8 Å². The Kier molecular flexibility index (Phi) is 5.27. The second-order valence-electron chi connectivity index (χ2n) is 6.44. The van der Waals surface area contributed by atoms with Crippen LogP contribution in [0.5, 0.6) is 17.2 Å². The average Bonchev–Trinajstić information content (AvgIpc) is 2.60. The molecule has 28 heavy (non-hydrogen) atoms. The molecule has 0 saturated heterocycles. The van der Waals surface area contributed by atoms with Crippen LogP contribution in [-0.4, -0.2) is 19.2 Å². The Balaban J connectivity index is 2.32. The first-order chi connectivity index (χ1) is 13.1. The fourth-order valence-electron chi connectivity index (χ4n) is 2.73. The molecule has 0 amide bonds. The number of aromatic hydroxyl groups is 1. The molecule has 0 aliphatic rings. The van der Waals surface area contributed by atoms with Crippen LogP contribution in [0, 0.1) is 0 Å². The van der Waals surface area contributed by atoms with E-state index < -0.39 is 23.1 Å². The van der Waals surface area contributed by atoms with Crippen LogP contribution in [0.25, 0.3) is 11.0 Å². The Bertz CT molecular complexity index is 1090. The van der Waals surface area contributed by atoms with Gasteiger partial charge in [0.15, 0.2) is 5.58 Å². The molecule has 0 bridgehead atoms. The number of nitrogens with one attached hydrogen (secondary N) is 1. The van der Waals surface area contributed by atoms with E-state index in [1.807, 2.05) is 0 Å². The lowest BCUT2D eigenvalue weighted by Gasteiger charge is -2.16. The van der Waals surface area contributed by atoms with Crippen LogP contribution >= 0.6 is 11.6 Å². The third-order valence-electron chi connectivity index (χ3n) is 3.93. The van der Waals surface area contributed by atoms with Gasteiger partial charge in [0.05, 0.1) is 30.1 Å². The highest BCUT2D eigenvalue weighted by Crippen LogP contribution is 2.40. The first kappa shape index (κ1) is 20.0. The molecule has 2 aromatic carbocycles. The van der Waals surface area contributed by atoms with Crippen molar-refractivity contribution in [1.29, 1.82) is 0 Å². The van der Waals surface area contributed by atoms with E-state index in [1.165, 1.54) is 30.3 Å². The molecule has 9 heteroatoms. The van der Waals surface area contributed by atoms with Crippen molar-refractivity contribution in [3.8, 4) is 17.2 Å². The van der Waals surface area contributed by atoms with Gasteiger partial charge in [0.2, 0.25) is 11.2 Å². The quantitative estimate of drug-likeness (QED) is 0.684. The molecule has 5 nitrogen and oxygen atoms in total. The molecule has 0 saturated carbocycles. The largest absolute Gasteiger partial charge is 0.507 e. The van der Waals surface area contributed by atoms with Gasteiger partial charge in [-0.1, -0.05) is 23.7 Å². The normalized spacial score (nSPS) is 12.0. The molecule has 148 valence electrons. The number of rotatable bonds is 4. The summed E-state index contributed by atoms with van der Waals surface area (Å²) in [6, 6.07) is 8.27. The topological polar surface area (TPSA) is 64.1 Å². The highest BCUT2D eigenvalue weighted by atomic mass is 35.5. The summed E-state index contributed by atoms with van der Waals surface area (Å²) in [6.07, 6.45) is -5.00. The van der Waals surface area contributed by atoms with E-state index in [9.17, 15) is 23.1 Å². The van der Waals surface area contributed by atoms with Gasteiger partial charge in [0, 0.05) is 0 Å². The minimum Gasteiger partial charge on any atom is -0.507 e. The number of hydrogen-bond acceptors (Lipinski definition) is 4. The van der Waals surface area contributed by atoms with Crippen LogP contribution in [0.3, 0.4) is 0 Å². The third-order valence-corrected chi connectivity index (χ3v) is 4.25. The molecule has 3 aromatic rings. The second-order valence-corrected chi connectivity index (χ2v) is 6.85. The zero-order chi connectivity index (χ0) is 20.6. The predicted octanol–water partition coefficient (Wildman–Crippen LogP) is 3.61. The Morgan fingerprint density at radius 3 is 2.46 bits per heavy atom. The highest BCUT2D eigenvalue weighted by Gasteiger charge is 2.41. The predicted molar refractivity (Wildman–Crippen MR) is 97.2 cm³/mol. The molecule has 0 spiro atoms. The van der Waals surface area contributed by atoms with Gasteiger partial charge in [-0.3, -0.25) is 4.79 Å². The maximum absolute atomic E-state index is 13.6. The Hall–Kier alpha value is -2.71. The van der Waals surface area contributed by atoms with Crippen LogP contribution in [0.2, 0.25) is 5.02 Å². The average molecular weight is 415 g/mol. The number of para-hydroxylation sites is 1. The number of benzene rings is 2. The SMILES string of the molecule is C[NH+](C)Cc1c(O)ccc2c(=O)c(Oc3ccccc3Cl)c(C(F)(F)F)oc12. The van der Waals surface area contributed by atoms with Crippen LogP contribution < -0.4 is 15.1 Å². The molecular weight excluding hydrogens is 399 g/mol. The lowest BCUT2D eigenvalue weighted by molar-refractivity contribution is -0.872. The van der Waals surface area contributed by atoms with Crippen molar-refractivity contribution in [3.63, 3.8) is 0 Å². The molecule has 0 aliphatic carbocycles. The van der Waals surface area contributed by atoms with E-state index >= 15 is 0 Å². The minimum atomic E-state index is -5.00. The van der Waals surface area contributed by atoms with E-state index in [0.717, 1.165) is 4.90 Å². The van der Waals surface area contributed by atoms with Crippen molar-refractivity contribution in [2.75, 3.05) is 14.1 Å². The zero-order valence-corrected chi connectivity index (χ0v) is 15.6. The number of ether oxygens (including phenoxy) is 1. The molecule has 1 aromatic heterocycles. The maximum atomic E-state index is 13.6. The zero-order valence-electron chi connectivity index (χ0n) is 14.9. The van der Waals surface area contributed by atoms with Crippen molar-refractivity contribution in [3.05, 3.63) is 63.0 Å². The van der Waals surface area contributed by atoms with Crippen LogP contribution in [0.4, 0.5) is 13.2 Å². The molecule has 2 N–H and O–H groups in total. The van der Waals surface area contributed by atoms with Gasteiger partial charge in [-0.2, -0.15) is 13.2 Å². The summed E-state index contributed by atoms with van der Waals surface area (Å²) in [5, 5.41) is 9.98. The molecule has 1 heterocycles. The number of phenols is 1. The van der Waals surface area contributed by atoms with Gasteiger partial charge in [-0.25, -0.2) is 0 Å². The minimum absolute atomic E-state index is 0.0396. The number of phenolic OH excluding ortho intramolecular Hbond substituents is 1. The van der Waals surface area contributed by atoms with Crippen LogP contribution in [0.15, 0.2) is 45.6 Å². The van der Waals surface area contributed by atoms with E-state index in [2.05, 4.69) is 0 Å². The molecule has 0 aliphatic heterocycles. The summed E-state index contributed by atoms with van der Waals surface area (Å²) in [4.78, 5) is 13.7. The summed E-state index contributed by atoms with van der Waals surface area (Å²) in [6.45, 7) is 0.147. The summed E-state index contributed by atoms with van der Waals surface area (Å²) in [5.41, 5.74) is -1.24. The standard InChI is InChI=1S/C19H15ClF3NO4/c1-24(2)9-11-13(25)8-7-10-15(26)17(18(19(21,22)23)28-16(10)11)27-14-6-4-3-5-12(14)20/h3-8,25H,9H2,1-2H3/p+1. The van der Waals surface area contributed by atoms with Gasteiger partial charge in [0.1, 0.15) is 18.0 Å². The van der Waals surface area contributed by atoms with E-state index in [0.29, 0.717) is 0 Å². The van der Waals surface area contributed by atoms with Gasteiger partial charge >= 0.3 is 6.18 Å². The Morgan fingerprint density at radius 2 is 1.86 bits per heavy atom. The monoisotopic (exact) mass is 414 g/mol. The lowest BCUT2D eigenvalue weighted by atomic mass is 10.1. The van der Waals surface area contributed by atoms with Crippen LogP contribution in [-0.2, 0) is 12.7 Å². The molecule has 0 unspecified atom stereocenters. The van der Waals surface area contributed by atoms with Crippen LogP contribution in [0.1, 0.15) is 11.3 Å². The van der Waals surface area contributed by atoms with Crippen molar-refractivity contribution < 1.29 is 32.3 Å². The number of hydrogen-bond donors (Lipinski definition) is 2. The molecular formula is C19H16ClF3NO4+. The summed E-state index contributed by atoms with van der Waals surface area (Å²) in [5.74, 6) is -2.98. The molecule has 0 fully saturated rings. The van der Waals surface area contributed by atoms with Crippen molar-refractivity contribution >= 4 is 22.6 Å². The maximum Gasteiger partial charge on any atom is 0.453 e. The highest BCUT2D eigenvalue weighted by molar-refractivity contribution is 6.32. The number of fused-ring (bicyclic) bond motifs is 1. The van der Waals surface area contributed by atoms with Gasteiger partial charge in [0.25, 0.3) is 5.76 Å². The van der Waals surface area contributed by atoms with E-state index in [1.54, 1.807) is 20.2 Å². The Labute approximate surface area is 162 Å². The van der Waals surface area contributed by atoms with E-state index in [-0.39, 0.29) is 39.6 Å². The summed E-state index contributed by atoms with van der Waals surface area (Å²) >= 11 is 5.94. The fraction of sp³-hybridized carbons (Fsp3) is 0.211. The first-order valence-corrected chi connectivity index (χ1v) is 8.57. The molecule has 3 rings (SSSR count). The fourth-order valence-corrected chi connectivity index (χ4v) is 2.90. The second kappa shape index (κ2) is 7.37. The van der Waals surface area contributed by atoms with Crippen molar-refractivity contribution in [1.82, 2.24) is 0 Å². The lowest BCUT2D eigenvalue weighted by Crippen LogP contribution is -3.04. The summed E-state index contributed by atoms with van der Waals surface area (Å²) in [7, 11) is 3.49. The number of halogens is 4. The summed E-state index contributed by atoms with van der Waals surface area (Å²) < 4.78 is 51.3. The van der Waals surface area contributed by atoms with Gasteiger partial charge < -0.3 is 19.2 Å². The van der Waals surface area contributed by atoms with Gasteiger partial charge in [-0.15, -0.1) is 0 Å². The van der Waals surface area contributed by atoms with Gasteiger partial charge in [-0.05, 0) is 24.3 Å². The smallest absolute Gasteiger partial charge is 0.453 e. The molecule has 0 radical (unpaired) electrons. The Morgan fingerprint density at radius 1 is 1.18 bits per heavy atom. The first-order valence-electron chi connectivity index (χ1n) is 8.20. The molecule has 0 atom stereocenters. The number of quaternary nitrogens is 1.